The summed E-state index contributed by atoms with van der Waals surface area (Å²) in [5.41, 5.74) is 1.60. The number of carbonyl (C=O) groups excluding carboxylic acids is 3. The second kappa shape index (κ2) is 12.1. The number of anilines is 1. The Hall–Kier alpha value is -3.75. The zero-order valence-electron chi connectivity index (χ0n) is 25.5. The van der Waals surface area contributed by atoms with Crippen molar-refractivity contribution in [3.8, 4) is 0 Å². The molecule has 228 valence electrons. The molecular weight excluding hydrogens is 542 g/mol. The predicted octanol–water partition coefficient (Wildman–Crippen LogP) is 4.18. The van der Waals surface area contributed by atoms with E-state index in [2.05, 4.69) is 13.2 Å². The number of ether oxygens (including phenoxy) is 1. The van der Waals surface area contributed by atoms with Gasteiger partial charge in [-0.25, -0.2) is 0 Å². The van der Waals surface area contributed by atoms with E-state index in [0.717, 1.165) is 22.4 Å². The van der Waals surface area contributed by atoms with Crippen LogP contribution in [0, 0.1) is 25.7 Å². The van der Waals surface area contributed by atoms with Gasteiger partial charge in [-0.3, -0.25) is 14.4 Å². The van der Waals surface area contributed by atoms with Crippen LogP contribution < -0.4 is 4.90 Å². The molecule has 3 saturated heterocycles. The monoisotopic (exact) mass is 585 g/mol. The van der Waals surface area contributed by atoms with Gasteiger partial charge in [0.2, 0.25) is 11.8 Å². The normalized spacial score (nSPS) is 27.2. The average molecular weight is 586 g/mol. The van der Waals surface area contributed by atoms with Crippen molar-refractivity contribution in [2.45, 2.75) is 63.8 Å². The van der Waals surface area contributed by atoms with Crippen LogP contribution in [0.15, 0.2) is 73.8 Å². The van der Waals surface area contributed by atoms with Gasteiger partial charge >= 0.3 is 0 Å². The van der Waals surface area contributed by atoms with Crippen LogP contribution >= 0.6 is 0 Å². The zero-order valence-corrected chi connectivity index (χ0v) is 25.5. The average Bonchev–Trinajstić information content (AvgIpc) is 3.55. The van der Waals surface area contributed by atoms with Crippen LogP contribution in [0.2, 0.25) is 0 Å². The highest BCUT2D eigenvalue weighted by molar-refractivity contribution is 6.05. The summed E-state index contributed by atoms with van der Waals surface area (Å²) in [7, 11) is 0. The van der Waals surface area contributed by atoms with Gasteiger partial charge in [0.25, 0.3) is 5.91 Å². The number of amides is 3. The van der Waals surface area contributed by atoms with Crippen LogP contribution in [-0.2, 0) is 25.7 Å². The van der Waals surface area contributed by atoms with Crippen molar-refractivity contribution in [2.24, 2.45) is 11.8 Å². The molecule has 5 rings (SSSR count). The largest absolute Gasteiger partial charge is 0.396 e. The molecule has 5 atom stereocenters. The van der Waals surface area contributed by atoms with Crippen molar-refractivity contribution in [3.05, 3.63) is 90.5 Å². The summed E-state index contributed by atoms with van der Waals surface area (Å²) in [6, 6.07) is 14.7. The van der Waals surface area contributed by atoms with Gasteiger partial charge in [-0.15, -0.1) is 13.2 Å². The third-order valence-corrected chi connectivity index (χ3v) is 9.50. The Morgan fingerprint density at radius 3 is 2.33 bits per heavy atom. The minimum absolute atomic E-state index is 0.124. The van der Waals surface area contributed by atoms with Crippen LogP contribution in [-0.4, -0.2) is 76.1 Å². The number of nitrogens with zero attached hydrogens (tertiary/aromatic N) is 3. The Balaban J connectivity index is 1.57. The van der Waals surface area contributed by atoms with Crippen LogP contribution in [0.1, 0.15) is 42.9 Å². The Morgan fingerprint density at radius 2 is 1.70 bits per heavy atom. The molecular formula is C35H43N3O5. The molecule has 3 aliphatic heterocycles. The standard InChI is InChI=1S/C35H43N3O5/c1-6-19-36(23-26-15-9-8-10-16-26)31(40)27-28-32(41)38(21-12-22-39)30(35(28)18-17-34(27,5)43-35)33(42)37(20-7-2)29-24(3)13-11-14-25(29)4/h6-11,13-16,27-28,30,39H,1-2,12,17-23H2,3-5H3/t27-,28-,30?,34+,35?/m0/s1. The first kappa shape index (κ1) is 30.7. The topological polar surface area (TPSA) is 90.4 Å². The smallest absolute Gasteiger partial charge is 0.253 e. The summed E-state index contributed by atoms with van der Waals surface area (Å²) in [6.45, 7) is 14.7. The number of benzene rings is 2. The molecule has 0 aromatic heterocycles. The Kier molecular flexibility index (Phi) is 8.63. The van der Waals surface area contributed by atoms with Crippen molar-refractivity contribution in [1.82, 2.24) is 9.80 Å². The number of aryl methyl sites for hydroxylation is 2. The molecule has 0 aliphatic carbocycles. The van der Waals surface area contributed by atoms with E-state index >= 15 is 0 Å². The first-order chi connectivity index (χ1) is 20.6. The minimum atomic E-state index is -1.15. The van der Waals surface area contributed by atoms with Crippen molar-refractivity contribution in [3.63, 3.8) is 0 Å². The van der Waals surface area contributed by atoms with Crippen LogP contribution in [0.4, 0.5) is 5.69 Å². The highest BCUT2D eigenvalue weighted by Crippen LogP contribution is 2.63. The number of aliphatic hydroxyl groups is 1. The maximum absolute atomic E-state index is 14.8. The van der Waals surface area contributed by atoms with Gasteiger partial charge in [-0.2, -0.15) is 0 Å². The van der Waals surface area contributed by atoms with E-state index in [1.165, 1.54) is 0 Å². The minimum Gasteiger partial charge on any atom is -0.396 e. The molecule has 3 aliphatic rings. The number of hydrogen-bond acceptors (Lipinski definition) is 5. The molecule has 43 heavy (non-hydrogen) atoms. The molecule has 2 aromatic carbocycles. The lowest BCUT2D eigenvalue weighted by molar-refractivity contribution is -0.150. The van der Waals surface area contributed by atoms with Gasteiger partial charge < -0.3 is 24.5 Å². The lowest BCUT2D eigenvalue weighted by atomic mass is 9.66. The molecule has 8 nitrogen and oxygen atoms in total. The second-order valence-electron chi connectivity index (χ2n) is 12.3. The number of para-hydroxylation sites is 1. The summed E-state index contributed by atoms with van der Waals surface area (Å²) < 4.78 is 6.85. The van der Waals surface area contributed by atoms with E-state index in [1.54, 1.807) is 26.9 Å². The molecule has 2 aromatic rings. The van der Waals surface area contributed by atoms with E-state index in [4.69, 9.17) is 4.74 Å². The third-order valence-electron chi connectivity index (χ3n) is 9.50. The highest BCUT2D eigenvalue weighted by atomic mass is 16.5. The summed E-state index contributed by atoms with van der Waals surface area (Å²) in [4.78, 5) is 48.7. The highest BCUT2D eigenvalue weighted by Gasteiger charge is 2.78. The molecule has 8 heteroatoms. The van der Waals surface area contributed by atoms with Crippen molar-refractivity contribution >= 4 is 23.4 Å². The first-order valence-corrected chi connectivity index (χ1v) is 15.2. The Morgan fingerprint density at radius 1 is 1.02 bits per heavy atom. The van der Waals surface area contributed by atoms with Crippen LogP contribution in [0.3, 0.4) is 0 Å². The number of carbonyl (C=O) groups is 3. The maximum atomic E-state index is 14.8. The Labute approximate surface area is 254 Å². The molecule has 0 saturated carbocycles. The number of fused-ring (bicyclic) bond motifs is 1. The fourth-order valence-corrected chi connectivity index (χ4v) is 7.75. The van der Waals surface area contributed by atoms with Gasteiger partial charge in [-0.1, -0.05) is 60.7 Å². The van der Waals surface area contributed by atoms with Gasteiger partial charge in [0.15, 0.2) is 0 Å². The molecule has 3 fully saturated rings. The van der Waals surface area contributed by atoms with Gasteiger partial charge in [-0.05, 0) is 56.7 Å². The zero-order chi connectivity index (χ0) is 30.9. The lowest BCUT2D eigenvalue weighted by Crippen LogP contribution is -2.57. The number of likely N-dealkylation sites (tertiary alicyclic amines) is 1. The molecule has 2 bridgehead atoms. The summed E-state index contributed by atoms with van der Waals surface area (Å²) in [5.74, 6) is -2.24. The number of aliphatic hydroxyl groups excluding tert-OH is 1. The predicted molar refractivity (Wildman–Crippen MR) is 166 cm³/mol. The van der Waals surface area contributed by atoms with E-state index in [-0.39, 0.29) is 37.4 Å². The van der Waals surface area contributed by atoms with Crippen molar-refractivity contribution < 1.29 is 24.2 Å². The quantitative estimate of drug-likeness (QED) is 0.378. The molecule has 3 heterocycles. The van der Waals surface area contributed by atoms with E-state index in [9.17, 15) is 19.5 Å². The van der Waals surface area contributed by atoms with Crippen LogP contribution in [0.25, 0.3) is 0 Å². The summed E-state index contributed by atoms with van der Waals surface area (Å²) >= 11 is 0. The third kappa shape index (κ3) is 5.10. The fourth-order valence-electron chi connectivity index (χ4n) is 7.75. The van der Waals surface area contributed by atoms with Crippen LogP contribution in [0.5, 0.6) is 0 Å². The Bertz CT molecular complexity index is 1390. The van der Waals surface area contributed by atoms with Crippen molar-refractivity contribution in [2.75, 3.05) is 31.1 Å². The SMILES string of the molecule is C=CCN(Cc1ccccc1)C(=O)[C@@H]1[C@H]2C(=O)N(CCCO)C(C(=O)N(CC=C)c3c(C)cccc3C)C23CC[C@@]1(C)O3. The number of hydrogen-bond donors (Lipinski definition) is 1. The maximum Gasteiger partial charge on any atom is 0.253 e. The first-order valence-electron chi connectivity index (χ1n) is 15.2. The lowest BCUT2D eigenvalue weighted by Gasteiger charge is -2.37. The van der Waals surface area contributed by atoms with Gasteiger partial charge in [0.05, 0.1) is 17.4 Å². The van der Waals surface area contributed by atoms with E-state index in [0.29, 0.717) is 32.4 Å². The van der Waals surface area contributed by atoms with Crippen molar-refractivity contribution in [1.29, 1.82) is 0 Å². The summed E-state index contributed by atoms with van der Waals surface area (Å²) in [5, 5.41) is 9.72. The molecule has 2 unspecified atom stereocenters. The van der Waals surface area contributed by atoms with Gasteiger partial charge in [0.1, 0.15) is 11.6 Å². The molecule has 0 radical (unpaired) electrons. The molecule has 1 spiro atoms. The summed E-state index contributed by atoms with van der Waals surface area (Å²) in [6.07, 6.45) is 4.75. The number of rotatable bonds is 12. The van der Waals surface area contributed by atoms with E-state index in [1.807, 2.05) is 69.3 Å². The molecule has 3 amide bonds. The van der Waals surface area contributed by atoms with Gasteiger partial charge in [0, 0.05) is 38.5 Å². The second-order valence-corrected chi connectivity index (χ2v) is 12.3. The molecule has 1 N–H and O–H groups in total. The van der Waals surface area contributed by atoms with E-state index < -0.39 is 29.1 Å². The fraction of sp³-hybridized carbons (Fsp3) is 0.457.